The second-order valence-electron chi connectivity index (χ2n) is 7.46. The summed E-state index contributed by atoms with van der Waals surface area (Å²) in [4.78, 5) is 23.2. The second kappa shape index (κ2) is 7.88. The van der Waals surface area contributed by atoms with Gasteiger partial charge in [-0.25, -0.2) is 13.4 Å². The van der Waals surface area contributed by atoms with Gasteiger partial charge in [0.1, 0.15) is 6.10 Å². The van der Waals surface area contributed by atoms with Gasteiger partial charge in [-0.15, -0.1) is 0 Å². The fourth-order valence-corrected chi connectivity index (χ4v) is 4.49. The van der Waals surface area contributed by atoms with Gasteiger partial charge in [0.25, 0.3) is 6.01 Å². The van der Waals surface area contributed by atoms with E-state index in [1.165, 1.54) is 12.1 Å². The van der Waals surface area contributed by atoms with Gasteiger partial charge < -0.3 is 14.8 Å². The number of nitrogens with one attached hydrogen (secondary N) is 1. The molecule has 158 valence electrons. The van der Waals surface area contributed by atoms with E-state index in [9.17, 15) is 13.2 Å². The highest BCUT2D eigenvalue weighted by Gasteiger charge is 2.27. The minimum atomic E-state index is -3.29. The Balaban J connectivity index is 1.55. The number of imidazole rings is 1. The molecule has 0 atom stereocenters. The molecule has 1 aromatic carbocycles. The highest BCUT2D eigenvalue weighted by Crippen LogP contribution is 2.31. The van der Waals surface area contributed by atoms with Crippen LogP contribution < -0.4 is 4.74 Å². The van der Waals surface area contributed by atoms with Crippen LogP contribution in [0.15, 0.2) is 35.2 Å². The number of halogens is 1. The van der Waals surface area contributed by atoms with Gasteiger partial charge in [0.05, 0.1) is 27.0 Å². The molecule has 0 spiro atoms. The summed E-state index contributed by atoms with van der Waals surface area (Å²) in [5.74, 6) is -1.06. The number of hydrogen-bond donors (Lipinski definition) is 2. The van der Waals surface area contributed by atoms with Crippen LogP contribution in [-0.4, -0.2) is 46.8 Å². The predicted molar refractivity (Wildman–Crippen MR) is 111 cm³/mol. The lowest BCUT2D eigenvalue weighted by atomic mass is 9.87. The van der Waals surface area contributed by atoms with E-state index >= 15 is 0 Å². The van der Waals surface area contributed by atoms with E-state index in [-0.39, 0.29) is 16.9 Å². The Morgan fingerprint density at radius 3 is 2.43 bits per heavy atom. The Bertz CT molecular complexity index is 1200. The Kier molecular flexibility index (Phi) is 5.42. The van der Waals surface area contributed by atoms with Gasteiger partial charge >= 0.3 is 5.97 Å². The Morgan fingerprint density at radius 1 is 1.17 bits per heavy atom. The first-order chi connectivity index (χ1) is 14.2. The van der Waals surface area contributed by atoms with Crippen molar-refractivity contribution in [2.24, 2.45) is 5.92 Å². The van der Waals surface area contributed by atoms with E-state index in [2.05, 4.69) is 15.0 Å². The van der Waals surface area contributed by atoms with Crippen molar-refractivity contribution in [2.75, 3.05) is 6.26 Å². The summed E-state index contributed by atoms with van der Waals surface area (Å²) < 4.78 is 29.2. The van der Waals surface area contributed by atoms with Crippen molar-refractivity contribution >= 4 is 38.6 Å². The van der Waals surface area contributed by atoms with E-state index in [1.807, 2.05) is 0 Å². The van der Waals surface area contributed by atoms with Crippen molar-refractivity contribution < 1.29 is 23.1 Å². The summed E-state index contributed by atoms with van der Waals surface area (Å²) in [7, 11) is -3.29. The number of benzene rings is 1. The topological polar surface area (TPSA) is 122 Å². The van der Waals surface area contributed by atoms with Crippen LogP contribution in [0.5, 0.6) is 6.01 Å². The third-order valence-corrected chi connectivity index (χ3v) is 6.68. The fourth-order valence-electron chi connectivity index (χ4n) is 3.60. The highest BCUT2D eigenvalue weighted by atomic mass is 35.5. The number of aromatic nitrogens is 3. The van der Waals surface area contributed by atoms with Gasteiger partial charge in [0.15, 0.2) is 15.5 Å². The maximum Gasteiger partial charge on any atom is 0.306 e. The molecule has 0 amide bonds. The van der Waals surface area contributed by atoms with Gasteiger partial charge in [0.2, 0.25) is 0 Å². The van der Waals surface area contributed by atoms with Gasteiger partial charge in [-0.1, -0.05) is 23.7 Å². The average Bonchev–Trinajstić information content (AvgIpc) is 3.08. The normalized spacial score (nSPS) is 19.7. The van der Waals surface area contributed by atoms with Crippen molar-refractivity contribution in [3.05, 3.63) is 35.4 Å². The summed E-state index contributed by atoms with van der Waals surface area (Å²) in [5.41, 5.74) is 2.21. The summed E-state index contributed by atoms with van der Waals surface area (Å²) in [6.07, 6.45) is 3.52. The first-order valence-corrected chi connectivity index (χ1v) is 11.7. The maximum atomic E-state index is 11.6. The number of nitrogens with zero attached hydrogens (tertiary/aromatic N) is 2. The van der Waals surface area contributed by atoms with Gasteiger partial charge in [-0.3, -0.25) is 4.79 Å². The molecule has 2 aromatic heterocycles. The molecule has 1 aliphatic carbocycles. The van der Waals surface area contributed by atoms with Crippen LogP contribution in [-0.2, 0) is 14.6 Å². The number of pyridine rings is 1. The van der Waals surface area contributed by atoms with Crippen molar-refractivity contribution in [1.29, 1.82) is 0 Å². The molecule has 30 heavy (non-hydrogen) atoms. The summed E-state index contributed by atoms with van der Waals surface area (Å²) in [6.45, 7) is 0. The van der Waals surface area contributed by atoms with E-state index in [4.69, 9.17) is 21.4 Å². The standard InChI is InChI=1S/C20H20ClN3O5S/c1-30(27,28)14-8-4-11(5-9-14)17-15(21)10-16-18(23-17)24-20(22-16)29-13-6-2-12(3-7-13)19(25)26/h4-5,8-10,12-13H,2-3,6-7H2,1H3,(H,25,26)(H,22,23,24). The van der Waals surface area contributed by atoms with Crippen LogP contribution in [0.4, 0.5) is 0 Å². The zero-order valence-electron chi connectivity index (χ0n) is 16.1. The first-order valence-electron chi connectivity index (χ1n) is 9.47. The van der Waals surface area contributed by atoms with Crippen molar-refractivity contribution in [2.45, 2.75) is 36.7 Å². The lowest BCUT2D eigenvalue weighted by Crippen LogP contribution is -2.28. The van der Waals surface area contributed by atoms with E-state index in [1.54, 1.807) is 18.2 Å². The molecule has 0 unspecified atom stereocenters. The SMILES string of the molecule is CS(=O)(=O)c1ccc(-c2nc3nc(OC4CCC(C(=O)O)CC4)[nH]c3cc2Cl)cc1. The number of rotatable bonds is 5. The molecule has 1 aliphatic rings. The summed E-state index contributed by atoms with van der Waals surface area (Å²) >= 11 is 6.39. The largest absolute Gasteiger partial charge is 0.481 e. The monoisotopic (exact) mass is 449 g/mol. The Labute approximate surface area is 178 Å². The van der Waals surface area contributed by atoms with Crippen LogP contribution in [0, 0.1) is 5.92 Å². The molecule has 0 saturated heterocycles. The smallest absolute Gasteiger partial charge is 0.306 e. The molecule has 0 aliphatic heterocycles. The number of H-pyrrole nitrogens is 1. The zero-order valence-corrected chi connectivity index (χ0v) is 17.7. The van der Waals surface area contributed by atoms with Crippen LogP contribution in [0.3, 0.4) is 0 Å². The third kappa shape index (κ3) is 4.27. The summed E-state index contributed by atoms with van der Waals surface area (Å²) in [5, 5.41) is 9.50. The Hall–Kier alpha value is -2.65. The molecule has 0 bridgehead atoms. The van der Waals surface area contributed by atoms with Crippen LogP contribution in [0.25, 0.3) is 22.4 Å². The Morgan fingerprint density at radius 2 is 1.83 bits per heavy atom. The molecule has 0 radical (unpaired) electrons. The number of aromatic amines is 1. The predicted octanol–water partition coefficient (Wildman–Crippen LogP) is 3.70. The third-order valence-electron chi connectivity index (χ3n) is 5.26. The number of aliphatic carboxylic acids is 1. The lowest BCUT2D eigenvalue weighted by Gasteiger charge is -2.25. The molecule has 2 heterocycles. The molecule has 8 nitrogen and oxygen atoms in total. The molecule has 1 fully saturated rings. The average molecular weight is 450 g/mol. The van der Waals surface area contributed by atoms with Gasteiger partial charge in [-0.2, -0.15) is 4.98 Å². The minimum absolute atomic E-state index is 0.0976. The molecule has 1 saturated carbocycles. The summed E-state index contributed by atoms with van der Waals surface area (Å²) in [6, 6.07) is 8.35. The number of sulfone groups is 1. The molecule has 10 heteroatoms. The van der Waals surface area contributed by atoms with Crippen molar-refractivity contribution in [3.63, 3.8) is 0 Å². The molecule has 3 aromatic rings. The lowest BCUT2D eigenvalue weighted by molar-refractivity contribution is -0.143. The highest BCUT2D eigenvalue weighted by molar-refractivity contribution is 7.90. The van der Waals surface area contributed by atoms with Crippen LogP contribution in [0.2, 0.25) is 5.02 Å². The number of carbonyl (C=O) groups is 1. The van der Waals surface area contributed by atoms with Crippen molar-refractivity contribution in [3.8, 4) is 17.3 Å². The minimum Gasteiger partial charge on any atom is -0.481 e. The second-order valence-corrected chi connectivity index (χ2v) is 9.88. The number of carboxylic acid groups (broad SMARTS) is 1. The molecular weight excluding hydrogens is 430 g/mol. The zero-order chi connectivity index (χ0) is 21.5. The molecular formula is C20H20ClN3O5S. The van der Waals surface area contributed by atoms with Gasteiger partial charge in [0, 0.05) is 11.8 Å². The van der Waals surface area contributed by atoms with E-state index in [0.29, 0.717) is 59.1 Å². The van der Waals surface area contributed by atoms with E-state index in [0.717, 1.165) is 6.26 Å². The first kappa shape index (κ1) is 20.6. The van der Waals surface area contributed by atoms with Crippen LogP contribution in [0.1, 0.15) is 25.7 Å². The number of fused-ring (bicyclic) bond motifs is 1. The quantitative estimate of drug-likeness (QED) is 0.608. The number of hydrogen-bond acceptors (Lipinski definition) is 6. The number of ether oxygens (including phenoxy) is 1. The van der Waals surface area contributed by atoms with Crippen LogP contribution >= 0.6 is 11.6 Å². The number of carboxylic acids is 1. The maximum absolute atomic E-state index is 11.6. The fraction of sp³-hybridized carbons (Fsp3) is 0.350. The van der Waals surface area contributed by atoms with Crippen molar-refractivity contribution in [1.82, 2.24) is 15.0 Å². The molecule has 2 N–H and O–H groups in total. The van der Waals surface area contributed by atoms with Gasteiger partial charge in [-0.05, 0) is 43.9 Å². The molecule has 4 rings (SSSR count). The van der Waals surface area contributed by atoms with E-state index < -0.39 is 15.8 Å².